The second-order valence-corrected chi connectivity index (χ2v) is 12.0. The van der Waals surface area contributed by atoms with Crippen LogP contribution in [0.25, 0.3) is 0 Å². The van der Waals surface area contributed by atoms with E-state index in [1.54, 1.807) is 10.5 Å². The fraction of sp³-hybridized carbons (Fsp3) is 0.923. The maximum Gasteiger partial charge on any atom is 0.0766 e. The molecule has 3 saturated carbocycles. The molecule has 160 valence electrons. The molecular weight excluding hydrogens is 342 g/mol. The number of quaternary nitrogens is 1. The third-order valence-corrected chi connectivity index (χ3v) is 10.2. The molecule has 4 aliphatic rings. The molecule has 0 aromatic rings. The van der Waals surface area contributed by atoms with E-state index in [0.717, 1.165) is 42.4 Å². The standard InChI is InChI=1S/C26H45NO/c1-18(7-6-16-27(4)5)22-10-11-23-21-9-8-19-17-20(28)12-14-25(19,2)24(21)13-15-26(22,23)3/h8,18,20-24,28H,6-7,9-17H2,1-5H3/p+1/t18-,20+,21+,22-,23+,24+,25+,26-/m1/s1. The second-order valence-electron chi connectivity index (χ2n) is 12.0. The number of aliphatic hydroxyl groups is 1. The highest BCUT2D eigenvalue weighted by Crippen LogP contribution is 2.67. The van der Waals surface area contributed by atoms with Crippen LogP contribution in [-0.4, -0.2) is 31.9 Å². The Hall–Kier alpha value is -0.340. The minimum absolute atomic E-state index is 0.0783. The molecule has 0 saturated heterocycles. The predicted molar refractivity (Wildman–Crippen MR) is 117 cm³/mol. The van der Waals surface area contributed by atoms with Gasteiger partial charge in [0, 0.05) is 0 Å². The predicted octanol–water partition coefficient (Wildman–Crippen LogP) is 4.49. The summed E-state index contributed by atoms with van der Waals surface area (Å²) in [6.45, 7) is 9.13. The number of aliphatic hydroxyl groups excluding tert-OH is 1. The Morgan fingerprint density at radius 1 is 1.11 bits per heavy atom. The van der Waals surface area contributed by atoms with Crippen LogP contribution in [0.5, 0.6) is 0 Å². The van der Waals surface area contributed by atoms with Crippen molar-refractivity contribution in [2.45, 2.75) is 91.1 Å². The molecule has 0 spiro atoms. The van der Waals surface area contributed by atoms with Gasteiger partial charge in [0.2, 0.25) is 0 Å². The number of rotatable bonds is 5. The van der Waals surface area contributed by atoms with Gasteiger partial charge in [0.1, 0.15) is 0 Å². The number of nitrogens with one attached hydrogen (secondary N) is 1. The van der Waals surface area contributed by atoms with E-state index in [1.165, 1.54) is 57.9 Å². The van der Waals surface area contributed by atoms with E-state index in [2.05, 4.69) is 40.9 Å². The van der Waals surface area contributed by atoms with Gasteiger partial charge in [-0.1, -0.05) is 32.4 Å². The van der Waals surface area contributed by atoms with Gasteiger partial charge in [0.25, 0.3) is 0 Å². The van der Waals surface area contributed by atoms with E-state index >= 15 is 0 Å². The number of hydrogen-bond acceptors (Lipinski definition) is 1. The maximum absolute atomic E-state index is 10.2. The highest BCUT2D eigenvalue weighted by molar-refractivity contribution is 5.25. The fourth-order valence-electron chi connectivity index (χ4n) is 8.60. The van der Waals surface area contributed by atoms with Crippen LogP contribution in [-0.2, 0) is 0 Å². The van der Waals surface area contributed by atoms with Gasteiger partial charge in [0.05, 0.1) is 26.7 Å². The summed E-state index contributed by atoms with van der Waals surface area (Å²) >= 11 is 0. The van der Waals surface area contributed by atoms with Crippen molar-refractivity contribution in [2.75, 3.05) is 20.6 Å². The monoisotopic (exact) mass is 388 g/mol. The summed E-state index contributed by atoms with van der Waals surface area (Å²) in [5, 5.41) is 10.2. The van der Waals surface area contributed by atoms with Crippen molar-refractivity contribution in [1.82, 2.24) is 0 Å². The Morgan fingerprint density at radius 2 is 1.89 bits per heavy atom. The summed E-state index contributed by atoms with van der Waals surface area (Å²) in [6, 6.07) is 0. The Kier molecular flexibility index (Phi) is 5.77. The van der Waals surface area contributed by atoms with Crippen LogP contribution in [0.4, 0.5) is 0 Å². The molecule has 0 bridgehead atoms. The van der Waals surface area contributed by atoms with Crippen molar-refractivity contribution in [3.05, 3.63) is 11.6 Å². The first-order valence-electron chi connectivity index (χ1n) is 12.4. The lowest BCUT2D eigenvalue weighted by Crippen LogP contribution is -3.05. The summed E-state index contributed by atoms with van der Waals surface area (Å²) < 4.78 is 0. The van der Waals surface area contributed by atoms with Crippen LogP contribution < -0.4 is 4.90 Å². The van der Waals surface area contributed by atoms with E-state index in [1.807, 2.05) is 0 Å². The first-order valence-corrected chi connectivity index (χ1v) is 12.4. The molecule has 0 unspecified atom stereocenters. The Bertz CT molecular complexity index is 597. The molecule has 4 aliphatic carbocycles. The SMILES string of the molecule is C[C@H](CCC[NH+](C)C)[C@H]1CC[C@H]2[C@@H]3CC=C4C[C@@H](O)CC[C@]4(C)[C@H]3CC[C@]12C. The lowest BCUT2D eigenvalue weighted by Gasteiger charge is -2.58. The van der Waals surface area contributed by atoms with Gasteiger partial charge < -0.3 is 10.0 Å². The van der Waals surface area contributed by atoms with Gasteiger partial charge in [-0.25, -0.2) is 0 Å². The number of allylic oxidation sites excluding steroid dienone is 1. The van der Waals surface area contributed by atoms with Gasteiger partial charge >= 0.3 is 0 Å². The van der Waals surface area contributed by atoms with E-state index < -0.39 is 0 Å². The van der Waals surface area contributed by atoms with Gasteiger partial charge in [0.15, 0.2) is 0 Å². The van der Waals surface area contributed by atoms with Crippen molar-refractivity contribution in [3.63, 3.8) is 0 Å². The molecule has 0 amide bonds. The van der Waals surface area contributed by atoms with Crippen LogP contribution in [0.2, 0.25) is 0 Å². The van der Waals surface area contributed by atoms with E-state index in [4.69, 9.17) is 0 Å². The zero-order chi connectivity index (χ0) is 20.1. The van der Waals surface area contributed by atoms with Crippen LogP contribution in [0.15, 0.2) is 11.6 Å². The normalized spacial score (nSPS) is 46.5. The zero-order valence-corrected chi connectivity index (χ0v) is 19.3. The van der Waals surface area contributed by atoms with Crippen molar-refractivity contribution >= 4 is 0 Å². The molecule has 0 aliphatic heterocycles. The maximum atomic E-state index is 10.2. The fourth-order valence-corrected chi connectivity index (χ4v) is 8.60. The van der Waals surface area contributed by atoms with Gasteiger partial charge in [-0.15, -0.1) is 0 Å². The second kappa shape index (κ2) is 7.73. The molecule has 0 aromatic carbocycles. The van der Waals surface area contributed by atoms with Gasteiger partial charge in [-0.05, 0) is 105 Å². The highest BCUT2D eigenvalue weighted by Gasteiger charge is 2.59. The molecule has 2 N–H and O–H groups in total. The average molecular weight is 389 g/mol. The molecule has 2 nitrogen and oxygen atoms in total. The topological polar surface area (TPSA) is 24.7 Å². The largest absolute Gasteiger partial charge is 0.393 e. The minimum Gasteiger partial charge on any atom is -0.393 e. The van der Waals surface area contributed by atoms with Crippen molar-refractivity contribution in [2.24, 2.45) is 40.4 Å². The zero-order valence-electron chi connectivity index (χ0n) is 19.3. The lowest BCUT2D eigenvalue weighted by molar-refractivity contribution is -0.858. The Labute approximate surface area is 174 Å². The first-order chi connectivity index (χ1) is 13.3. The summed E-state index contributed by atoms with van der Waals surface area (Å²) in [5.74, 6) is 4.57. The summed E-state index contributed by atoms with van der Waals surface area (Å²) in [6.07, 6.45) is 15.7. The molecule has 4 rings (SSSR count). The van der Waals surface area contributed by atoms with Crippen molar-refractivity contribution in [3.8, 4) is 0 Å². The van der Waals surface area contributed by atoms with Crippen molar-refractivity contribution in [1.29, 1.82) is 0 Å². The molecule has 0 radical (unpaired) electrons. The van der Waals surface area contributed by atoms with Gasteiger partial charge in [-0.3, -0.25) is 0 Å². The smallest absolute Gasteiger partial charge is 0.0766 e. The molecule has 0 aromatic heterocycles. The number of hydrogen-bond donors (Lipinski definition) is 2. The first kappa shape index (κ1) is 20.9. The number of fused-ring (bicyclic) bond motifs is 5. The molecule has 0 heterocycles. The summed E-state index contributed by atoms with van der Waals surface area (Å²) in [7, 11) is 4.57. The van der Waals surface area contributed by atoms with E-state index in [0.29, 0.717) is 10.8 Å². The van der Waals surface area contributed by atoms with Crippen LogP contribution in [0.3, 0.4) is 0 Å². The third-order valence-electron chi connectivity index (χ3n) is 10.2. The summed E-state index contributed by atoms with van der Waals surface area (Å²) in [4.78, 5) is 1.60. The van der Waals surface area contributed by atoms with Crippen LogP contribution >= 0.6 is 0 Å². The Morgan fingerprint density at radius 3 is 2.64 bits per heavy atom. The quantitative estimate of drug-likeness (QED) is 0.667. The molecular formula is C26H46NO+. The van der Waals surface area contributed by atoms with Crippen LogP contribution in [0, 0.1) is 40.4 Å². The van der Waals surface area contributed by atoms with E-state index in [-0.39, 0.29) is 6.10 Å². The summed E-state index contributed by atoms with van der Waals surface area (Å²) in [5.41, 5.74) is 2.59. The minimum atomic E-state index is -0.0783. The van der Waals surface area contributed by atoms with Gasteiger partial charge in [-0.2, -0.15) is 0 Å². The molecule has 28 heavy (non-hydrogen) atoms. The molecule has 2 heteroatoms. The van der Waals surface area contributed by atoms with Crippen molar-refractivity contribution < 1.29 is 10.0 Å². The highest BCUT2D eigenvalue weighted by atomic mass is 16.3. The Balaban J connectivity index is 1.49. The molecule has 3 fully saturated rings. The third kappa shape index (κ3) is 3.41. The van der Waals surface area contributed by atoms with Crippen LogP contribution in [0.1, 0.15) is 85.0 Å². The lowest BCUT2D eigenvalue weighted by atomic mass is 9.47. The van der Waals surface area contributed by atoms with E-state index in [9.17, 15) is 5.11 Å². The molecule has 8 atom stereocenters. The average Bonchev–Trinajstić information content (AvgIpc) is 2.99.